The molecule has 0 N–H and O–H groups in total. The second kappa shape index (κ2) is 10.3. The highest BCUT2D eigenvalue weighted by Gasteiger charge is 2.31. The van der Waals surface area contributed by atoms with E-state index in [2.05, 4.69) is 11.6 Å². The molecule has 0 unspecified atom stereocenters. The minimum Gasteiger partial charge on any atom is -0.473 e. The molecule has 3 nitrogen and oxygen atoms in total. The van der Waals surface area contributed by atoms with Crippen molar-refractivity contribution in [2.45, 2.75) is 19.4 Å². The van der Waals surface area contributed by atoms with Crippen molar-refractivity contribution in [1.29, 1.82) is 0 Å². The molecule has 34 heavy (non-hydrogen) atoms. The molecule has 0 amide bonds. The van der Waals surface area contributed by atoms with Crippen molar-refractivity contribution in [3.63, 3.8) is 0 Å². The van der Waals surface area contributed by atoms with E-state index in [0.29, 0.717) is 29.2 Å². The van der Waals surface area contributed by atoms with Crippen LogP contribution in [0.25, 0.3) is 17.2 Å². The average molecular weight is 461 g/mol. The maximum absolute atomic E-state index is 13.5. The van der Waals surface area contributed by atoms with E-state index in [4.69, 9.17) is 9.47 Å². The molecule has 3 aromatic carbocycles. The van der Waals surface area contributed by atoms with Crippen LogP contribution in [0.1, 0.15) is 22.3 Å². The first-order chi connectivity index (χ1) is 16.4. The van der Waals surface area contributed by atoms with Crippen LogP contribution in [0.4, 0.5) is 13.2 Å². The molecule has 0 aliphatic heterocycles. The lowest BCUT2D eigenvalue weighted by atomic mass is 10.00. The molecule has 1 aromatic heterocycles. The quantitative estimate of drug-likeness (QED) is 0.271. The Balaban J connectivity index is 1.69. The van der Waals surface area contributed by atoms with Gasteiger partial charge in [-0.05, 0) is 46.5 Å². The van der Waals surface area contributed by atoms with Gasteiger partial charge in [-0.25, -0.2) is 0 Å². The van der Waals surface area contributed by atoms with Crippen LogP contribution in [-0.2, 0) is 19.4 Å². The molecular formula is C28H22F3NO2. The van der Waals surface area contributed by atoms with Crippen molar-refractivity contribution in [2.24, 2.45) is 0 Å². The normalized spacial score (nSPS) is 11.1. The van der Waals surface area contributed by atoms with E-state index < -0.39 is 11.7 Å². The van der Waals surface area contributed by atoms with E-state index in [-0.39, 0.29) is 12.5 Å². The number of rotatable bonds is 8. The molecule has 4 rings (SSSR count). The Morgan fingerprint density at radius 3 is 1.97 bits per heavy atom. The van der Waals surface area contributed by atoms with Crippen LogP contribution in [0.15, 0.2) is 97.6 Å². The SMILES string of the molecule is C=Cc1cc(-c2ccc(OCc3ccccc3)nc2OCc2ccccc2)cc(C(F)(F)F)c1. The number of alkyl halides is 3. The molecule has 0 aliphatic carbocycles. The van der Waals surface area contributed by atoms with Gasteiger partial charge in [-0.3, -0.25) is 0 Å². The second-order valence-electron chi connectivity index (χ2n) is 7.60. The predicted molar refractivity (Wildman–Crippen MR) is 126 cm³/mol. The summed E-state index contributed by atoms with van der Waals surface area (Å²) in [5, 5.41) is 0. The van der Waals surface area contributed by atoms with Gasteiger partial charge in [-0.2, -0.15) is 18.2 Å². The van der Waals surface area contributed by atoms with Crippen molar-refractivity contribution >= 4 is 6.08 Å². The van der Waals surface area contributed by atoms with Gasteiger partial charge < -0.3 is 9.47 Å². The highest BCUT2D eigenvalue weighted by atomic mass is 19.4. The summed E-state index contributed by atoms with van der Waals surface area (Å²) < 4.78 is 52.3. The summed E-state index contributed by atoms with van der Waals surface area (Å²) in [5.74, 6) is 0.496. The molecule has 4 aromatic rings. The third-order valence-electron chi connectivity index (χ3n) is 5.11. The first-order valence-electron chi connectivity index (χ1n) is 10.6. The minimum atomic E-state index is -4.50. The number of hydrogen-bond acceptors (Lipinski definition) is 3. The largest absolute Gasteiger partial charge is 0.473 e. The number of halogens is 3. The summed E-state index contributed by atoms with van der Waals surface area (Å²) in [6, 6.07) is 26.1. The summed E-state index contributed by atoms with van der Waals surface area (Å²) in [4.78, 5) is 4.48. The molecule has 6 heteroatoms. The Morgan fingerprint density at radius 2 is 1.38 bits per heavy atom. The maximum Gasteiger partial charge on any atom is 0.416 e. The van der Waals surface area contributed by atoms with E-state index in [1.807, 2.05) is 60.7 Å². The Hall–Kier alpha value is -4.06. The van der Waals surface area contributed by atoms with Crippen LogP contribution in [-0.4, -0.2) is 4.98 Å². The number of ether oxygens (including phenoxy) is 2. The first-order valence-corrected chi connectivity index (χ1v) is 10.6. The Labute approximate surface area is 196 Å². The Morgan fingerprint density at radius 1 is 0.765 bits per heavy atom. The van der Waals surface area contributed by atoms with Crippen molar-refractivity contribution in [2.75, 3.05) is 0 Å². The number of aromatic nitrogens is 1. The molecule has 0 fully saturated rings. The Bertz CT molecular complexity index is 1260. The van der Waals surface area contributed by atoms with Crippen molar-refractivity contribution in [3.8, 4) is 22.9 Å². The van der Waals surface area contributed by atoms with E-state index in [0.717, 1.165) is 23.3 Å². The smallest absolute Gasteiger partial charge is 0.416 e. The van der Waals surface area contributed by atoms with Crippen LogP contribution < -0.4 is 9.47 Å². The van der Waals surface area contributed by atoms with Crippen LogP contribution in [0, 0.1) is 0 Å². The fourth-order valence-electron chi connectivity index (χ4n) is 3.38. The molecular weight excluding hydrogens is 439 g/mol. The van der Waals surface area contributed by atoms with Gasteiger partial charge in [-0.15, -0.1) is 0 Å². The van der Waals surface area contributed by atoms with Gasteiger partial charge in [0.05, 0.1) is 5.56 Å². The molecule has 0 atom stereocenters. The van der Waals surface area contributed by atoms with E-state index in [1.165, 1.54) is 6.08 Å². The fourth-order valence-corrected chi connectivity index (χ4v) is 3.38. The highest BCUT2D eigenvalue weighted by Crippen LogP contribution is 2.37. The second-order valence-corrected chi connectivity index (χ2v) is 7.60. The van der Waals surface area contributed by atoms with Crippen LogP contribution in [0.5, 0.6) is 11.8 Å². The number of benzene rings is 3. The molecule has 0 radical (unpaired) electrons. The van der Waals surface area contributed by atoms with E-state index in [9.17, 15) is 13.2 Å². The Kier molecular flexibility index (Phi) is 6.97. The molecule has 0 spiro atoms. The summed E-state index contributed by atoms with van der Waals surface area (Å²) in [7, 11) is 0. The third-order valence-corrected chi connectivity index (χ3v) is 5.11. The molecule has 0 aliphatic rings. The van der Waals surface area contributed by atoms with Crippen molar-refractivity contribution < 1.29 is 22.6 Å². The van der Waals surface area contributed by atoms with Gasteiger partial charge in [0, 0.05) is 11.6 Å². The van der Waals surface area contributed by atoms with Crippen LogP contribution in [0.3, 0.4) is 0 Å². The summed E-state index contributed by atoms with van der Waals surface area (Å²) >= 11 is 0. The molecule has 1 heterocycles. The third kappa shape index (κ3) is 5.84. The van der Waals surface area contributed by atoms with Crippen LogP contribution in [0.2, 0.25) is 0 Å². The summed E-state index contributed by atoms with van der Waals surface area (Å²) in [6.07, 6.45) is -3.11. The zero-order chi connectivity index (χ0) is 24.0. The molecule has 0 bridgehead atoms. The van der Waals surface area contributed by atoms with Crippen LogP contribution >= 0.6 is 0 Å². The highest BCUT2D eigenvalue weighted by molar-refractivity contribution is 5.72. The van der Waals surface area contributed by atoms with Gasteiger partial charge in [0.25, 0.3) is 0 Å². The molecule has 0 saturated carbocycles. The number of nitrogens with zero attached hydrogens (tertiary/aromatic N) is 1. The van der Waals surface area contributed by atoms with Gasteiger partial charge >= 0.3 is 6.18 Å². The molecule has 172 valence electrons. The molecule has 0 saturated heterocycles. The zero-order valence-electron chi connectivity index (χ0n) is 18.3. The predicted octanol–water partition coefficient (Wildman–Crippen LogP) is 7.57. The van der Waals surface area contributed by atoms with Crippen molar-refractivity contribution in [3.05, 3.63) is 120 Å². The minimum absolute atomic E-state index is 0.184. The number of hydrogen-bond donors (Lipinski definition) is 0. The lowest BCUT2D eigenvalue weighted by Gasteiger charge is -2.15. The number of pyridine rings is 1. The zero-order valence-corrected chi connectivity index (χ0v) is 18.3. The standard InChI is InChI=1S/C28H22F3NO2/c1-2-20-15-23(17-24(16-20)28(29,30)31)25-13-14-26(33-18-21-9-5-3-6-10-21)32-27(25)34-19-22-11-7-4-8-12-22/h2-17H,1,18-19H2. The lowest BCUT2D eigenvalue weighted by molar-refractivity contribution is -0.137. The topological polar surface area (TPSA) is 31.4 Å². The average Bonchev–Trinajstić information content (AvgIpc) is 2.86. The van der Waals surface area contributed by atoms with Gasteiger partial charge in [0.2, 0.25) is 11.8 Å². The summed E-state index contributed by atoms with van der Waals surface area (Å²) in [5.41, 5.74) is 2.21. The lowest BCUT2D eigenvalue weighted by Crippen LogP contribution is -2.06. The maximum atomic E-state index is 13.5. The van der Waals surface area contributed by atoms with Crippen molar-refractivity contribution in [1.82, 2.24) is 4.98 Å². The fraction of sp³-hybridized carbons (Fsp3) is 0.107. The monoisotopic (exact) mass is 461 g/mol. The van der Waals surface area contributed by atoms with E-state index in [1.54, 1.807) is 18.2 Å². The van der Waals surface area contributed by atoms with Gasteiger partial charge in [-0.1, -0.05) is 73.3 Å². The summed E-state index contributed by atoms with van der Waals surface area (Å²) in [6.45, 7) is 4.13. The van der Waals surface area contributed by atoms with Gasteiger partial charge in [0.1, 0.15) is 13.2 Å². The first kappa shape index (κ1) is 23.1. The van der Waals surface area contributed by atoms with E-state index >= 15 is 0 Å². The van der Waals surface area contributed by atoms with Gasteiger partial charge in [0.15, 0.2) is 0 Å².